The Morgan fingerprint density at radius 1 is 1.43 bits per heavy atom. The largest absolute Gasteiger partial charge is 0.393 e. The van der Waals surface area contributed by atoms with E-state index in [1.807, 2.05) is 0 Å². The lowest BCUT2D eigenvalue weighted by molar-refractivity contribution is -0.0463. The SMILES string of the molecule is OCC(F)C(O)F. The minimum absolute atomic E-state index is 0.975. The smallest absolute Gasteiger partial charge is 0.230 e. The van der Waals surface area contributed by atoms with Crippen LogP contribution in [-0.4, -0.2) is 29.3 Å². The molecule has 0 fully saturated rings. The highest BCUT2D eigenvalue weighted by Crippen LogP contribution is 1.96. The third-order valence-corrected chi connectivity index (χ3v) is 0.473. The van der Waals surface area contributed by atoms with Crippen molar-refractivity contribution in [3.05, 3.63) is 0 Å². The van der Waals surface area contributed by atoms with Crippen LogP contribution in [0.15, 0.2) is 0 Å². The van der Waals surface area contributed by atoms with Gasteiger partial charge in [-0.3, -0.25) is 0 Å². The van der Waals surface area contributed by atoms with E-state index in [4.69, 9.17) is 10.2 Å². The van der Waals surface area contributed by atoms with Gasteiger partial charge in [0.2, 0.25) is 6.36 Å². The second-order valence-corrected chi connectivity index (χ2v) is 1.07. The molecule has 0 radical (unpaired) electrons. The molecule has 2 atom stereocenters. The Morgan fingerprint density at radius 2 is 1.86 bits per heavy atom. The predicted molar refractivity (Wildman–Crippen MR) is 19.1 cm³/mol. The van der Waals surface area contributed by atoms with E-state index in [0.29, 0.717) is 0 Å². The normalized spacial score (nSPS) is 18.9. The molecule has 0 spiro atoms. The first-order valence-corrected chi connectivity index (χ1v) is 1.75. The van der Waals surface area contributed by atoms with Crippen LogP contribution in [0.1, 0.15) is 0 Å². The molecular formula is C3H6F2O2. The van der Waals surface area contributed by atoms with Gasteiger partial charge < -0.3 is 10.2 Å². The number of aliphatic hydroxyl groups is 2. The maximum Gasteiger partial charge on any atom is 0.230 e. The van der Waals surface area contributed by atoms with Crippen LogP contribution < -0.4 is 0 Å². The predicted octanol–water partition coefficient (Wildman–Crippen LogP) is -0.395. The number of alkyl halides is 2. The van der Waals surface area contributed by atoms with Crippen LogP contribution in [-0.2, 0) is 0 Å². The Kier molecular flexibility index (Phi) is 2.78. The van der Waals surface area contributed by atoms with Gasteiger partial charge >= 0.3 is 0 Å². The van der Waals surface area contributed by atoms with Crippen LogP contribution in [0.4, 0.5) is 8.78 Å². The molecule has 0 saturated heterocycles. The van der Waals surface area contributed by atoms with Gasteiger partial charge in [0.05, 0.1) is 6.61 Å². The summed E-state index contributed by atoms with van der Waals surface area (Å²) in [6.45, 7) is -0.975. The molecule has 0 rings (SSSR count). The summed E-state index contributed by atoms with van der Waals surface area (Å²) in [7, 11) is 0. The molecule has 2 unspecified atom stereocenters. The van der Waals surface area contributed by atoms with Crippen LogP contribution in [0.2, 0.25) is 0 Å². The Labute approximate surface area is 39.4 Å². The van der Waals surface area contributed by atoms with Gasteiger partial charge in [0.15, 0.2) is 6.17 Å². The average molecular weight is 112 g/mol. The van der Waals surface area contributed by atoms with Crippen LogP contribution >= 0.6 is 0 Å². The van der Waals surface area contributed by atoms with E-state index in [2.05, 4.69) is 0 Å². The number of hydrogen-bond donors (Lipinski definition) is 2. The number of aliphatic hydroxyl groups excluding tert-OH is 2. The van der Waals surface area contributed by atoms with E-state index < -0.39 is 19.1 Å². The second kappa shape index (κ2) is 2.87. The number of rotatable bonds is 2. The lowest BCUT2D eigenvalue weighted by Gasteiger charge is -2.00. The first kappa shape index (κ1) is 6.78. The third kappa shape index (κ3) is 2.47. The molecule has 0 saturated carbocycles. The zero-order valence-electron chi connectivity index (χ0n) is 3.51. The second-order valence-electron chi connectivity index (χ2n) is 1.07. The Hall–Kier alpha value is -0.220. The van der Waals surface area contributed by atoms with E-state index in [-0.39, 0.29) is 0 Å². The summed E-state index contributed by atoms with van der Waals surface area (Å²) >= 11 is 0. The standard InChI is InChI=1S/C3H6F2O2/c4-2(1-6)3(5)7/h2-3,6-7H,1H2. The zero-order chi connectivity index (χ0) is 5.86. The van der Waals surface area contributed by atoms with Gasteiger partial charge in [0, 0.05) is 0 Å². The maximum absolute atomic E-state index is 11.4. The Morgan fingerprint density at radius 3 is 1.86 bits per heavy atom. The van der Waals surface area contributed by atoms with Crippen LogP contribution in [0.25, 0.3) is 0 Å². The maximum atomic E-state index is 11.4. The van der Waals surface area contributed by atoms with Gasteiger partial charge in [-0.25, -0.2) is 8.78 Å². The summed E-state index contributed by atoms with van der Waals surface area (Å²) in [5.41, 5.74) is 0. The first-order valence-electron chi connectivity index (χ1n) is 1.75. The molecule has 0 heterocycles. The van der Waals surface area contributed by atoms with Crippen molar-refractivity contribution >= 4 is 0 Å². The average Bonchev–Trinajstić information content (AvgIpc) is 1.65. The van der Waals surface area contributed by atoms with Gasteiger partial charge in [0.1, 0.15) is 0 Å². The summed E-state index contributed by atoms with van der Waals surface area (Å²) in [6.07, 6.45) is -4.70. The summed E-state index contributed by atoms with van der Waals surface area (Å²) in [5.74, 6) is 0. The lowest BCUT2D eigenvalue weighted by atomic mass is 10.4. The topological polar surface area (TPSA) is 40.5 Å². The number of hydrogen-bond acceptors (Lipinski definition) is 2. The highest BCUT2D eigenvalue weighted by molar-refractivity contribution is 4.52. The van der Waals surface area contributed by atoms with Crippen molar-refractivity contribution in [3.8, 4) is 0 Å². The van der Waals surface area contributed by atoms with E-state index in [1.54, 1.807) is 0 Å². The zero-order valence-corrected chi connectivity index (χ0v) is 3.51. The molecule has 0 bridgehead atoms. The monoisotopic (exact) mass is 112 g/mol. The lowest BCUT2D eigenvalue weighted by Crippen LogP contribution is -2.19. The van der Waals surface area contributed by atoms with E-state index >= 15 is 0 Å². The minimum Gasteiger partial charge on any atom is -0.393 e. The third-order valence-electron chi connectivity index (χ3n) is 0.473. The summed E-state index contributed by atoms with van der Waals surface area (Å²) in [6, 6.07) is 0. The highest BCUT2D eigenvalue weighted by atomic mass is 19.2. The molecule has 4 heteroatoms. The molecule has 0 aliphatic heterocycles. The van der Waals surface area contributed by atoms with Crippen molar-refractivity contribution in [2.45, 2.75) is 12.5 Å². The van der Waals surface area contributed by atoms with Gasteiger partial charge in [-0.1, -0.05) is 0 Å². The molecule has 0 aromatic carbocycles. The van der Waals surface area contributed by atoms with Crippen LogP contribution in [0.5, 0.6) is 0 Å². The molecule has 7 heavy (non-hydrogen) atoms. The van der Waals surface area contributed by atoms with Crippen molar-refractivity contribution in [2.75, 3.05) is 6.61 Å². The molecule has 2 N–H and O–H groups in total. The van der Waals surface area contributed by atoms with Crippen molar-refractivity contribution < 1.29 is 19.0 Å². The van der Waals surface area contributed by atoms with E-state index in [0.717, 1.165) is 0 Å². The van der Waals surface area contributed by atoms with Crippen molar-refractivity contribution in [2.24, 2.45) is 0 Å². The first-order chi connectivity index (χ1) is 3.18. The quantitative estimate of drug-likeness (QED) is 0.510. The molecular weight excluding hydrogens is 106 g/mol. The van der Waals surface area contributed by atoms with Crippen molar-refractivity contribution in [3.63, 3.8) is 0 Å². The molecule has 0 amide bonds. The van der Waals surface area contributed by atoms with Crippen LogP contribution in [0.3, 0.4) is 0 Å². The van der Waals surface area contributed by atoms with Gasteiger partial charge in [-0.05, 0) is 0 Å². The Balaban J connectivity index is 3.14. The molecule has 0 aliphatic carbocycles. The highest BCUT2D eigenvalue weighted by Gasteiger charge is 2.14. The van der Waals surface area contributed by atoms with Crippen LogP contribution in [0, 0.1) is 0 Å². The summed E-state index contributed by atoms with van der Waals surface area (Å²) in [4.78, 5) is 0. The van der Waals surface area contributed by atoms with Gasteiger partial charge in [0.25, 0.3) is 0 Å². The molecule has 0 aromatic heterocycles. The fraction of sp³-hybridized carbons (Fsp3) is 1.00. The molecule has 2 nitrogen and oxygen atoms in total. The van der Waals surface area contributed by atoms with Gasteiger partial charge in [-0.15, -0.1) is 0 Å². The molecule has 44 valence electrons. The molecule has 0 aliphatic rings. The number of halogens is 2. The van der Waals surface area contributed by atoms with E-state index in [1.165, 1.54) is 0 Å². The van der Waals surface area contributed by atoms with Gasteiger partial charge in [-0.2, -0.15) is 0 Å². The summed E-state index contributed by atoms with van der Waals surface area (Å²) < 4.78 is 22.5. The summed E-state index contributed by atoms with van der Waals surface area (Å²) in [5, 5.41) is 15.3. The van der Waals surface area contributed by atoms with Crippen molar-refractivity contribution in [1.29, 1.82) is 0 Å². The Bertz CT molecular complexity index is 48.2. The van der Waals surface area contributed by atoms with Crippen molar-refractivity contribution in [1.82, 2.24) is 0 Å². The fourth-order valence-electron chi connectivity index (χ4n) is 0.0870. The van der Waals surface area contributed by atoms with E-state index in [9.17, 15) is 8.78 Å². The molecule has 0 aromatic rings. The minimum atomic E-state index is -2.55. The fourth-order valence-corrected chi connectivity index (χ4v) is 0.0870.